The van der Waals surface area contributed by atoms with Gasteiger partial charge in [0, 0.05) is 12.6 Å². The van der Waals surface area contributed by atoms with Crippen LogP contribution in [0, 0.1) is 0 Å². The van der Waals surface area contributed by atoms with Crippen LogP contribution in [0.3, 0.4) is 0 Å². The fourth-order valence-corrected chi connectivity index (χ4v) is 4.56. The Balaban J connectivity index is 1.70. The molecule has 3 rings (SSSR count). The highest BCUT2D eigenvalue weighted by molar-refractivity contribution is 8.54. The molecule has 0 aromatic carbocycles. The molecule has 2 saturated heterocycles. The molecule has 0 bridgehead atoms. The number of fused-ring (bicyclic) bond motifs is 1. The van der Waals surface area contributed by atoms with Crippen LogP contribution >= 0.6 is 18.2 Å². The highest BCUT2D eigenvalue weighted by atomic mass is 32.7. The second-order valence-electron chi connectivity index (χ2n) is 4.61. The average Bonchev–Trinajstić information content (AvgIpc) is 2.81. The summed E-state index contributed by atoms with van der Waals surface area (Å²) in [5.41, 5.74) is 5.61. The van der Waals surface area contributed by atoms with Gasteiger partial charge in [-0.15, -0.1) is 0 Å². The normalized spacial score (nSPS) is 40.6. The van der Waals surface area contributed by atoms with E-state index in [9.17, 15) is 4.57 Å². The Bertz CT molecular complexity index is 538. The maximum Gasteiger partial charge on any atom is 0.389 e. The Morgan fingerprint density at radius 3 is 3.10 bits per heavy atom. The molecule has 0 amide bonds. The van der Waals surface area contributed by atoms with Crippen molar-refractivity contribution in [2.45, 2.75) is 24.9 Å². The first kappa shape index (κ1) is 14.2. The molecule has 7 nitrogen and oxygen atoms in total. The number of nitrogens with zero attached hydrogens (tertiary/aromatic N) is 2. The smallest absolute Gasteiger partial charge is 0.384 e. The van der Waals surface area contributed by atoms with E-state index in [1.54, 1.807) is 23.4 Å². The van der Waals surface area contributed by atoms with Gasteiger partial charge in [0.05, 0.1) is 6.61 Å². The van der Waals surface area contributed by atoms with Gasteiger partial charge in [0.2, 0.25) is 0 Å². The lowest BCUT2D eigenvalue weighted by atomic mass is 10.2. The number of amidine groups is 1. The van der Waals surface area contributed by atoms with Crippen molar-refractivity contribution >= 4 is 24.0 Å². The highest BCUT2D eigenvalue weighted by Gasteiger charge is 2.47. The molecule has 9 heteroatoms. The molecule has 3 aliphatic rings. The molecule has 0 spiro atoms. The van der Waals surface area contributed by atoms with Crippen molar-refractivity contribution in [3.05, 3.63) is 24.7 Å². The first-order valence-corrected chi connectivity index (χ1v) is 9.52. The van der Waals surface area contributed by atoms with Crippen molar-refractivity contribution in [2.75, 3.05) is 12.9 Å². The summed E-state index contributed by atoms with van der Waals surface area (Å²) < 4.78 is 28.8. The van der Waals surface area contributed by atoms with Gasteiger partial charge >= 0.3 is 6.80 Å². The summed E-state index contributed by atoms with van der Waals surface area (Å²) in [5.74, 6) is 0.927. The molecule has 3 aliphatic heterocycles. The molecule has 20 heavy (non-hydrogen) atoms. The van der Waals surface area contributed by atoms with Gasteiger partial charge in [-0.1, -0.05) is 6.58 Å². The molecule has 0 aromatic heterocycles. The first-order chi connectivity index (χ1) is 9.50. The second kappa shape index (κ2) is 5.20. The van der Waals surface area contributed by atoms with Gasteiger partial charge < -0.3 is 15.4 Å². The number of nitrogens with two attached hydrogens (primary N) is 1. The minimum atomic E-state index is -3.03. The quantitative estimate of drug-likeness (QED) is 0.775. The summed E-state index contributed by atoms with van der Waals surface area (Å²) in [4.78, 5) is 5.89. The van der Waals surface area contributed by atoms with Crippen LogP contribution in [0.4, 0.5) is 0 Å². The molecule has 2 N–H and O–H groups in total. The second-order valence-corrected chi connectivity index (χ2v) is 8.78. The van der Waals surface area contributed by atoms with Crippen LogP contribution in [0.5, 0.6) is 0 Å². The number of hydrogen-bond donors (Lipinski definition) is 1. The van der Waals surface area contributed by atoms with Gasteiger partial charge in [0.15, 0.2) is 0 Å². The molecule has 0 radical (unpaired) electrons. The average molecular weight is 317 g/mol. The SMILES string of the molecule is C=C1N=C(N)C=CN1[C@H]1CC2OP(=O)(SC)OC[C@H]2O1. The van der Waals surface area contributed by atoms with Crippen LogP contribution in [-0.4, -0.2) is 42.0 Å². The number of aliphatic imine (C=N–C) groups is 1. The largest absolute Gasteiger partial charge is 0.389 e. The molecule has 2 fully saturated rings. The number of ether oxygens (including phenoxy) is 1. The fraction of sp³-hybridized carbons (Fsp3) is 0.545. The maximum absolute atomic E-state index is 12.1. The fourth-order valence-electron chi connectivity index (χ4n) is 2.34. The zero-order valence-electron chi connectivity index (χ0n) is 11.0. The van der Waals surface area contributed by atoms with E-state index in [4.69, 9.17) is 19.5 Å². The van der Waals surface area contributed by atoms with Gasteiger partial charge in [0.1, 0.15) is 30.1 Å². The van der Waals surface area contributed by atoms with Gasteiger partial charge in [-0.25, -0.2) is 9.56 Å². The van der Waals surface area contributed by atoms with E-state index < -0.39 is 6.80 Å². The van der Waals surface area contributed by atoms with Crippen molar-refractivity contribution in [3.63, 3.8) is 0 Å². The predicted octanol–water partition coefficient (Wildman–Crippen LogP) is 1.65. The lowest BCUT2D eigenvalue weighted by Gasteiger charge is -2.29. The monoisotopic (exact) mass is 317 g/mol. The van der Waals surface area contributed by atoms with E-state index in [0.29, 0.717) is 18.1 Å². The van der Waals surface area contributed by atoms with E-state index in [1.807, 2.05) is 0 Å². The molecule has 3 heterocycles. The Morgan fingerprint density at radius 1 is 1.60 bits per heavy atom. The highest BCUT2D eigenvalue weighted by Crippen LogP contribution is 2.63. The van der Waals surface area contributed by atoms with Crippen molar-refractivity contribution in [1.82, 2.24) is 4.90 Å². The van der Waals surface area contributed by atoms with Crippen molar-refractivity contribution in [1.29, 1.82) is 0 Å². The molecule has 110 valence electrons. The van der Waals surface area contributed by atoms with Crippen LogP contribution < -0.4 is 5.73 Å². The van der Waals surface area contributed by atoms with Gasteiger partial charge in [-0.3, -0.25) is 9.05 Å². The topological polar surface area (TPSA) is 86.4 Å². The van der Waals surface area contributed by atoms with Crippen molar-refractivity contribution < 1.29 is 18.3 Å². The summed E-state index contributed by atoms with van der Waals surface area (Å²) in [6.07, 6.45) is 5.03. The van der Waals surface area contributed by atoms with E-state index >= 15 is 0 Å². The number of hydrogen-bond acceptors (Lipinski definition) is 8. The molecule has 0 saturated carbocycles. The van der Waals surface area contributed by atoms with Crippen LogP contribution in [0.25, 0.3) is 0 Å². The molecular formula is C11H16N3O4PS. The van der Waals surface area contributed by atoms with Crippen molar-refractivity contribution in [3.8, 4) is 0 Å². The summed E-state index contributed by atoms with van der Waals surface area (Å²) in [7, 11) is 0. The lowest BCUT2D eigenvalue weighted by molar-refractivity contribution is -0.0644. The molecule has 0 aromatic rings. The van der Waals surface area contributed by atoms with E-state index in [0.717, 1.165) is 11.4 Å². The summed E-state index contributed by atoms with van der Waals surface area (Å²) >= 11 is 1.11. The van der Waals surface area contributed by atoms with Gasteiger partial charge in [-0.2, -0.15) is 0 Å². The van der Waals surface area contributed by atoms with Crippen molar-refractivity contribution in [2.24, 2.45) is 10.7 Å². The molecular weight excluding hydrogens is 301 g/mol. The third kappa shape index (κ3) is 2.54. The van der Waals surface area contributed by atoms with Crippen LogP contribution in [0.15, 0.2) is 29.7 Å². The maximum atomic E-state index is 12.1. The predicted molar refractivity (Wildman–Crippen MR) is 77.0 cm³/mol. The Morgan fingerprint density at radius 2 is 2.40 bits per heavy atom. The standard InChI is InChI=1S/C11H16N3O4PS/c1-7-13-10(12)3-4-14(7)11-5-8-9(17-11)6-16-19(15,18-8)20-2/h3-4,8-9,11H,1,5-6H2,2H3,(H2,12,13)/t8?,9-,11-,19?/m1/s1. The minimum Gasteiger partial charge on any atom is -0.384 e. The zero-order chi connectivity index (χ0) is 14.3. The summed E-state index contributed by atoms with van der Waals surface area (Å²) in [6, 6.07) is 0. The van der Waals surface area contributed by atoms with E-state index in [-0.39, 0.29) is 25.0 Å². The molecule has 0 aliphatic carbocycles. The van der Waals surface area contributed by atoms with Gasteiger partial charge in [-0.05, 0) is 23.7 Å². The summed E-state index contributed by atoms with van der Waals surface area (Å²) in [5, 5.41) is 0. The third-order valence-electron chi connectivity index (χ3n) is 3.34. The van der Waals surface area contributed by atoms with E-state index in [2.05, 4.69) is 11.6 Å². The van der Waals surface area contributed by atoms with Crippen LogP contribution in [0.1, 0.15) is 6.42 Å². The lowest BCUT2D eigenvalue weighted by Crippen LogP contribution is -2.33. The Hall–Kier alpha value is -0.790. The Labute approximate surface area is 121 Å². The summed E-state index contributed by atoms with van der Waals surface area (Å²) in [6.45, 7) is 1.10. The third-order valence-corrected chi connectivity index (χ3v) is 6.70. The molecule has 4 atom stereocenters. The van der Waals surface area contributed by atoms with Crippen LogP contribution in [-0.2, 0) is 18.3 Å². The first-order valence-electron chi connectivity index (χ1n) is 6.14. The van der Waals surface area contributed by atoms with Gasteiger partial charge in [0.25, 0.3) is 0 Å². The van der Waals surface area contributed by atoms with Crippen LogP contribution in [0.2, 0.25) is 0 Å². The molecule has 2 unspecified atom stereocenters. The minimum absolute atomic E-state index is 0.223. The number of rotatable bonds is 2. The van der Waals surface area contributed by atoms with E-state index in [1.165, 1.54) is 0 Å². The Kier molecular flexibility index (Phi) is 3.68. The zero-order valence-corrected chi connectivity index (χ0v) is 12.7.